The van der Waals surface area contributed by atoms with Gasteiger partial charge in [0.2, 0.25) is 5.91 Å². The number of aromatic nitrogens is 1. The summed E-state index contributed by atoms with van der Waals surface area (Å²) in [5, 5.41) is 0.769. The van der Waals surface area contributed by atoms with Gasteiger partial charge in [-0.15, -0.1) is 0 Å². The lowest BCUT2D eigenvalue weighted by molar-refractivity contribution is -0.117. The third-order valence-corrected chi connectivity index (χ3v) is 4.99. The molecule has 3 aromatic rings. The van der Waals surface area contributed by atoms with Crippen molar-refractivity contribution < 1.29 is 4.79 Å². The molecule has 0 aliphatic rings. The Morgan fingerprint density at radius 1 is 1.18 bits per heavy atom. The van der Waals surface area contributed by atoms with Gasteiger partial charge in [0.15, 0.2) is 5.13 Å². The van der Waals surface area contributed by atoms with E-state index in [0.29, 0.717) is 13.0 Å². The van der Waals surface area contributed by atoms with Crippen molar-refractivity contribution in [2.24, 2.45) is 0 Å². The highest BCUT2D eigenvalue weighted by atomic mass is 79.9. The van der Waals surface area contributed by atoms with Crippen molar-refractivity contribution in [1.82, 2.24) is 4.98 Å². The molecular formula is C17H15BrN2OS. The zero-order valence-electron chi connectivity index (χ0n) is 12.1. The molecule has 3 rings (SSSR count). The van der Waals surface area contributed by atoms with Gasteiger partial charge < -0.3 is 0 Å². The number of carbonyl (C=O) groups is 1. The first-order valence-corrected chi connectivity index (χ1v) is 8.68. The molecule has 1 heterocycles. The molecule has 112 valence electrons. The molecule has 0 fully saturated rings. The molecule has 0 unspecified atom stereocenters. The minimum absolute atomic E-state index is 0.0730. The summed E-state index contributed by atoms with van der Waals surface area (Å²) in [6, 6.07) is 15.8. The van der Waals surface area contributed by atoms with E-state index in [-0.39, 0.29) is 5.91 Å². The van der Waals surface area contributed by atoms with Crippen LogP contribution in [0.15, 0.2) is 53.0 Å². The highest BCUT2D eigenvalue weighted by Gasteiger charge is 2.18. The molecule has 0 saturated heterocycles. The lowest BCUT2D eigenvalue weighted by Crippen LogP contribution is -2.31. The van der Waals surface area contributed by atoms with Crippen LogP contribution in [-0.4, -0.2) is 17.4 Å². The van der Waals surface area contributed by atoms with E-state index in [9.17, 15) is 4.79 Å². The lowest BCUT2D eigenvalue weighted by Gasteiger charge is -2.17. The third kappa shape index (κ3) is 3.20. The molecule has 0 radical (unpaired) electrons. The van der Waals surface area contributed by atoms with Crippen LogP contribution < -0.4 is 4.90 Å². The van der Waals surface area contributed by atoms with Crippen LogP contribution in [0.3, 0.4) is 0 Å². The van der Waals surface area contributed by atoms with Gasteiger partial charge in [0.25, 0.3) is 0 Å². The number of anilines is 1. The van der Waals surface area contributed by atoms with Gasteiger partial charge in [-0.1, -0.05) is 51.5 Å². The normalized spacial score (nSPS) is 10.8. The zero-order chi connectivity index (χ0) is 15.5. The van der Waals surface area contributed by atoms with E-state index in [4.69, 9.17) is 0 Å². The second-order valence-electron chi connectivity index (χ2n) is 4.91. The average molecular weight is 375 g/mol. The number of amides is 1. The van der Waals surface area contributed by atoms with E-state index < -0.39 is 0 Å². The number of likely N-dealkylation sites (N-methyl/N-ethyl adjacent to an activating group) is 1. The molecule has 5 heteroatoms. The monoisotopic (exact) mass is 374 g/mol. The van der Waals surface area contributed by atoms with Crippen LogP contribution in [0.4, 0.5) is 5.13 Å². The number of halogens is 1. The summed E-state index contributed by atoms with van der Waals surface area (Å²) in [5.41, 5.74) is 1.95. The van der Waals surface area contributed by atoms with Gasteiger partial charge in [-0.3, -0.25) is 9.69 Å². The number of thiazole rings is 1. The number of hydrogen-bond donors (Lipinski definition) is 0. The van der Waals surface area contributed by atoms with E-state index in [1.165, 1.54) is 0 Å². The minimum atomic E-state index is 0.0730. The summed E-state index contributed by atoms with van der Waals surface area (Å²) in [7, 11) is 0. The number of rotatable bonds is 4. The largest absolute Gasteiger partial charge is 0.288 e. The van der Waals surface area contributed by atoms with Crippen molar-refractivity contribution in [2.75, 3.05) is 11.4 Å². The van der Waals surface area contributed by atoms with Gasteiger partial charge in [-0.25, -0.2) is 4.98 Å². The van der Waals surface area contributed by atoms with E-state index in [1.807, 2.05) is 55.5 Å². The molecule has 0 bridgehead atoms. The van der Waals surface area contributed by atoms with Gasteiger partial charge in [-0.05, 0) is 36.8 Å². The predicted molar refractivity (Wildman–Crippen MR) is 95.5 cm³/mol. The molecule has 0 aliphatic heterocycles. The van der Waals surface area contributed by atoms with E-state index in [1.54, 1.807) is 16.2 Å². The lowest BCUT2D eigenvalue weighted by atomic mass is 10.1. The van der Waals surface area contributed by atoms with Gasteiger partial charge in [0.1, 0.15) is 0 Å². The van der Waals surface area contributed by atoms with Crippen LogP contribution in [0.25, 0.3) is 10.2 Å². The summed E-state index contributed by atoms with van der Waals surface area (Å²) >= 11 is 4.96. The smallest absolute Gasteiger partial charge is 0.233 e. The molecule has 1 aromatic heterocycles. The Hall–Kier alpha value is -1.72. The first kappa shape index (κ1) is 15.2. The van der Waals surface area contributed by atoms with Crippen LogP contribution >= 0.6 is 27.3 Å². The van der Waals surface area contributed by atoms with Crippen molar-refractivity contribution in [1.29, 1.82) is 0 Å². The summed E-state index contributed by atoms with van der Waals surface area (Å²) in [4.78, 5) is 18.9. The van der Waals surface area contributed by atoms with Gasteiger partial charge in [0, 0.05) is 11.0 Å². The molecule has 2 aromatic carbocycles. The Balaban J connectivity index is 1.83. The van der Waals surface area contributed by atoms with E-state index in [0.717, 1.165) is 25.4 Å². The minimum Gasteiger partial charge on any atom is -0.288 e. The van der Waals surface area contributed by atoms with Crippen molar-refractivity contribution in [3.8, 4) is 0 Å². The maximum absolute atomic E-state index is 12.6. The second kappa shape index (κ2) is 6.58. The topological polar surface area (TPSA) is 33.2 Å². The molecular weight excluding hydrogens is 360 g/mol. The zero-order valence-corrected chi connectivity index (χ0v) is 14.5. The summed E-state index contributed by atoms with van der Waals surface area (Å²) in [6.07, 6.45) is 0.386. The van der Waals surface area contributed by atoms with Gasteiger partial charge in [-0.2, -0.15) is 0 Å². The second-order valence-corrected chi connectivity index (χ2v) is 6.83. The van der Waals surface area contributed by atoms with Crippen molar-refractivity contribution >= 4 is 48.5 Å². The van der Waals surface area contributed by atoms with E-state index >= 15 is 0 Å². The molecule has 0 aliphatic carbocycles. The molecule has 3 nitrogen and oxygen atoms in total. The number of hydrogen-bond acceptors (Lipinski definition) is 3. The fourth-order valence-corrected chi connectivity index (χ4v) is 3.58. The van der Waals surface area contributed by atoms with Crippen molar-refractivity contribution in [3.63, 3.8) is 0 Å². The summed E-state index contributed by atoms with van der Waals surface area (Å²) in [5.74, 6) is 0.0730. The quantitative estimate of drug-likeness (QED) is 0.665. The van der Waals surface area contributed by atoms with E-state index in [2.05, 4.69) is 20.9 Å². The van der Waals surface area contributed by atoms with Gasteiger partial charge >= 0.3 is 0 Å². The Morgan fingerprint density at radius 2 is 1.91 bits per heavy atom. The summed E-state index contributed by atoms with van der Waals surface area (Å²) < 4.78 is 2.12. The molecule has 0 saturated carbocycles. The Morgan fingerprint density at radius 3 is 2.59 bits per heavy atom. The average Bonchev–Trinajstić information content (AvgIpc) is 2.94. The standard InChI is InChI=1S/C17H15BrN2OS/c1-2-20(16(21)11-12-7-9-13(18)10-8-12)17-19-14-5-3-4-6-15(14)22-17/h3-10H,2,11H2,1H3. The number of fused-ring (bicyclic) bond motifs is 1. The molecule has 0 atom stereocenters. The SMILES string of the molecule is CCN(C(=O)Cc1ccc(Br)cc1)c1nc2ccccc2s1. The first-order valence-electron chi connectivity index (χ1n) is 7.07. The Labute approximate surface area is 141 Å². The predicted octanol–water partition coefficient (Wildman–Crippen LogP) is 4.65. The summed E-state index contributed by atoms with van der Waals surface area (Å²) in [6.45, 7) is 2.60. The van der Waals surface area contributed by atoms with Crippen LogP contribution in [0, 0.1) is 0 Å². The maximum atomic E-state index is 12.6. The highest BCUT2D eigenvalue weighted by Crippen LogP contribution is 2.28. The van der Waals surface area contributed by atoms with Crippen LogP contribution in [-0.2, 0) is 11.2 Å². The molecule has 0 spiro atoms. The van der Waals surface area contributed by atoms with Crippen LogP contribution in [0.2, 0.25) is 0 Å². The third-order valence-electron chi connectivity index (χ3n) is 3.40. The Kier molecular flexibility index (Phi) is 4.55. The fraction of sp³-hybridized carbons (Fsp3) is 0.176. The number of para-hydroxylation sites is 1. The van der Waals surface area contributed by atoms with Gasteiger partial charge in [0.05, 0.1) is 16.6 Å². The number of benzene rings is 2. The molecule has 1 amide bonds. The first-order chi connectivity index (χ1) is 10.7. The fourth-order valence-electron chi connectivity index (χ4n) is 2.27. The van der Waals surface area contributed by atoms with Crippen LogP contribution in [0.1, 0.15) is 12.5 Å². The number of carbonyl (C=O) groups excluding carboxylic acids is 1. The molecule has 22 heavy (non-hydrogen) atoms. The van der Waals surface area contributed by atoms with Crippen LogP contribution in [0.5, 0.6) is 0 Å². The maximum Gasteiger partial charge on any atom is 0.233 e. The van der Waals surface area contributed by atoms with Crippen molar-refractivity contribution in [3.05, 3.63) is 58.6 Å². The van der Waals surface area contributed by atoms with Crippen molar-refractivity contribution in [2.45, 2.75) is 13.3 Å². The molecule has 0 N–H and O–H groups in total. The number of nitrogens with zero attached hydrogens (tertiary/aromatic N) is 2. The Bertz CT molecular complexity index is 765. The highest BCUT2D eigenvalue weighted by molar-refractivity contribution is 9.10.